The molecule has 6 rings (SSSR count). The molecule has 5 heterocycles. The van der Waals surface area contributed by atoms with Crippen LogP contribution in [-0.2, 0) is 33.4 Å². The van der Waals surface area contributed by atoms with Crippen molar-refractivity contribution in [3.8, 4) is 17.6 Å². The highest BCUT2D eigenvalue weighted by Gasteiger charge is 2.60. The van der Waals surface area contributed by atoms with E-state index in [-0.39, 0.29) is 42.8 Å². The number of amides is 1. The van der Waals surface area contributed by atoms with Gasteiger partial charge in [0.1, 0.15) is 30.5 Å². The third kappa shape index (κ3) is 10.8. The van der Waals surface area contributed by atoms with Crippen molar-refractivity contribution in [1.29, 1.82) is 0 Å². The second-order valence-electron chi connectivity index (χ2n) is 18.3. The fraction of sp³-hybridized carbons (Fsp3) is 0.646. The van der Waals surface area contributed by atoms with Gasteiger partial charge in [-0.25, -0.2) is 4.79 Å². The quantitative estimate of drug-likeness (QED) is 0.0647. The van der Waals surface area contributed by atoms with Crippen molar-refractivity contribution < 1.29 is 48.0 Å². The van der Waals surface area contributed by atoms with E-state index in [4.69, 9.17) is 33.5 Å². The number of ether oxygens (including phenoxy) is 5. The molecule has 2 bridgehead atoms. The zero-order chi connectivity index (χ0) is 45.6. The molecule has 3 saturated heterocycles. The van der Waals surface area contributed by atoms with E-state index < -0.39 is 65.6 Å². The summed E-state index contributed by atoms with van der Waals surface area (Å²) in [6.45, 7) is 16.6. The second-order valence-corrected chi connectivity index (χ2v) is 19.4. The highest BCUT2D eigenvalue weighted by molar-refractivity contribution is 7.14. The molecule has 2 aromatic rings. The fourth-order valence-corrected chi connectivity index (χ4v) is 10.9. The second kappa shape index (κ2) is 20.7. The fourth-order valence-electron chi connectivity index (χ4n) is 10.1. The predicted octanol–water partition coefficient (Wildman–Crippen LogP) is 6.61. The highest BCUT2D eigenvalue weighted by atomic mass is 32.1. The van der Waals surface area contributed by atoms with Crippen LogP contribution in [0.25, 0.3) is 0 Å². The number of likely N-dealkylation sites (N-methyl/N-ethyl adjacent to an activating group) is 1. The van der Waals surface area contributed by atoms with Crippen molar-refractivity contribution in [1.82, 2.24) is 9.80 Å². The first-order valence-corrected chi connectivity index (χ1v) is 23.1. The summed E-state index contributed by atoms with van der Waals surface area (Å²) in [6.07, 6.45) is -1.10. The summed E-state index contributed by atoms with van der Waals surface area (Å²) < 4.78 is 31.3. The number of ketones is 1. The molecule has 0 unspecified atom stereocenters. The Balaban J connectivity index is 1.33. The van der Waals surface area contributed by atoms with Gasteiger partial charge in [0.05, 0.1) is 35.9 Å². The summed E-state index contributed by atoms with van der Waals surface area (Å²) in [6, 6.07) is 12.6. The zero-order valence-corrected chi connectivity index (χ0v) is 39.3. The lowest BCUT2D eigenvalue weighted by Gasteiger charge is -2.47. The molecule has 14 nitrogen and oxygen atoms in total. The topological polar surface area (TPSA) is 158 Å². The van der Waals surface area contributed by atoms with Crippen molar-refractivity contribution in [3.05, 3.63) is 52.2 Å². The van der Waals surface area contributed by atoms with Crippen LogP contribution in [0.3, 0.4) is 0 Å². The van der Waals surface area contributed by atoms with E-state index in [1.165, 1.54) is 11.3 Å². The summed E-state index contributed by atoms with van der Waals surface area (Å²) in [5.74, 6) is 4.01. The van der Waals surface area contributed by atoms with Crippen molar-refractivity contribution >= 4 is 41.1 Å². The molecule has 344 valence electrons. The van der Waals surface area contributed by atoms with E-state index in [9.17, 15) is 19.5 Å². The molecule has 1 N–H and O–H groups in total. The Kier molecular flexibility index (Phi) is 15.8. The van der Waals surface area contributed by atoms with E-state index in [1.54, 1.807) is 25.0 Å². The van der Waals surface area contributed by atoms with E-state index in [0.29, 0.717) is 39.0 Å². The molecule has 13 atom stereocenters. The van der Waals surface area contributed by atoms with Gasteiger partial charge in [-0.2, -0.15) is 0 Å². The lowest BCUT2D eigenvalue weighted by molar-refractivity contribution is -0.286. The number of carbonyl (C=O) groups excluding carboxylic acids is 3. The third-order valence-electron chi connectivity index (χ3n) is 13.3. The molecule has 0 spiro atoms. The average Bonchev–Trinajstić information content (AvgIpc) is 3.74. The predicted molar refractivity (Wildman–Crippen MR) is 241 cm³/mol. The van der Waals surface area contributed by atoms with Crippen LogP contribution < -0.4 is 4.74 Å². The van der Waals surface area contributed by atoms with Crippen molar-refractivity contribution in [2.45, 2.75) is 129 Å². The van der Waals surface area contributed by atoms with Gasteiger partial charge in [-0.1, -0.05) is 69.8 Å². The van der Waals surface area contributed by atoms with Crippen LogP contribution in [0.2, 0.25) is 0 Å². The van der Waals surface area contributed by atoms with Crippen molar-refractivity contribution in [3.63, 3.8) is 0 Å². The van der Waals surface area contributed by atoms with Gasteiger partial charge in [0.15, 0.2) is 24.3 Å². The molecule has 4 aliphatic rings. The van der Waals surface area contributed by atoms with Gasteiger partial charge in [-0.05, 0) is 84.3 Å². The molecule has 1 amide bonds. The summed E-state index contributed by atoms with van der Waals surface area (Å²) in [5.41, 5.74) is -1.15. The van der Waals surface area contributed by atoms with Crippen LogP contribution in [0.4, 0.5) is 4.79 Å². The number of hydrogen-bond acceptors (Lipinski definition) is 14. The number of esters is 1. The standard InChI is InChI=1S/C48H66N4O10S/c1-11-38-48(8)42-31(4)39(49-22-23-52(42)46(56)62-48)29(2)27-47(7,21-15-18-35-19-20-36(63-35)28-50-58-25-24-57-34-16-13-12-14-17-34)43(32(5)40(53)33(6)44(55)60-38)61-45-41(54)37(51(9)10)26-30(3)59-45/h12-14,16-17,19-20,28-33,37-38,41-43,45,54H,11,21-27H2,1-10H3/b50-28+/t29-,30-,31+,32+,33-,37+,38-,41-,42-,43-,45+,47+,48-/m1/s1. The number of rotatable bonds is 11. The Hall–Kier alpha value is -4.33. The molecular formula is C48H66N4O10S. The molecule has 0 aliphatic carbocycles. The van der Waals surface area contributed by atoms with Gasteiger partial charge in [-0.15, -0.1) is 11.3 Å². The summed E-state index contributed by atoms with van der Waals surface area (Å²) in [5, 5.41) is 15.9. The number of cyclic esters (lactones) is 1. The maximum atomic E-state index is 14.7. The summed E-state index contributed by atoms with van der Waals surface area (Å²) in [4.78, 5) is 58.2. The minimum absolute atomic E-state index is 0.170. The zero-order valence-electron chi connectivity index (χ0n) is 38.4. The van der Waals surface area contributed by atoms with E-state index in [0.717, 1.165) is 21.2 Å². The SMILES string of the molecule is CC[C@H]1OC(=O)[C@H](C)C(=O)[C@H](C)[C@@H](O[C@@H]2O[C@H](C)C[C@H](N(C)C)[C@H]2O)[C@@](C)(CC#Cc2ccc(/C=N/OCCOc3ccccc3)s2)C[C@@H](C)C2=NCCN3C(=O)O[C@@]1(C)[C@H]3[C@H]2C. The number of para-hydroxylation sites is 1. The Morgan fingerprint density at radius 1 is 1.05 bits per heavy atom. The summed E-state index contributed by atoms with van der Waals surface area (Å²) >= 11 is 1.47. The molecule has 63 heavy (non-hydrogen) atoms. The maximum absolute atomic E-state index is 14.7. The van der Waals surface area contributed by atoms with Crippen LogP contribution >= 0.6 is 11.3 Å². The lowest BCUT2D eigenvalue weighted by atomic mass is 9.66. The van der Waals surface area contributed by atoms with Crippen LogP contribution in [0.5, 0.6) is 5.75 Å². The Labute approximate surface area is 376 Å². The first-order valence-electron chi connectivity index (χ1n) is 22.3. The lowest BCUT2D eigenvalue weighted by Crippen LogP contribution is -2.58. The van der Waals surface area contributed by atoms with Crippen molar-refractivity contribution in [2.75, 3.05) is 40.4 Å². The minimum Gasteiger partial charge on any atom is -0.490 e. The molecule has 4 aliphatic heterocycles. The van der Waals surface area contributed by atoms with E-state index in [2.05, 4.69) is 37.8 Å². The van der Waals surface area contributed by atoms with E-state index in [1.807, 2.05) is 82.2 Å². The van der Waals surface area contributed by atoms with Crippen LogP contribution in [0, 0.1) is 40.9 Å². The monoisotopic (exact) mass is 890 g/mol. The molecule has 15 heteroatoms. The number of thiophene rings is 1. The van der Waals surface area contributed by atoms with Gasteiger partial charge >= 0.3 is 12.1 Å². The number of carbonyl (C=O) groups is 3. The van der Waals surface area contributed by atoms with Crippen LogP contribution in [-0.4, -0.2) is 133 Å². The number of nitrogens with zero attached hydrogens (tertiary/aromatic N) is 4. The number of aliphatic imine (C=N–C) groups is 1. The Bertz CT molecular complexity index is 2030. The summed E-state index contributed by atoms with van der Waals surface area (Å²) in [7, 11) is 3.82. The first kappa shape index (κ1) is 48.1. The number of oxime groups is 1. The Morgan fingerprint density at radius 3 is 2.51 bits per heavy atom. The number of Topliss-reactive ketones (excluding diaryl/α,β-unsaturated/α-hetero) is 1. The van der Waals surface area contributed by atoms with Crippen LogP contribution in [0.15, 0.2) is 52.6 Å². The molecular weight excluding hydrogens is 825 g/mol. The van der Waals surface area contributed by atoms with Gasteiger partial charge in [0.2, 0.25) is 0 Å². The molecule has 0 saturated carbocycles. The smallest absolute Gasteiger partial charge is 0.410 e. The number of benzene rings is 1. The van der Waals surface area contributed by atoms with Crippen molar-refractivity contribution in [2.24, 2.45) is 39.2 Å². The van der Waals surface area contributed by atoms with Gasteiger partial charge in [0.25, 0.3) is 0 Å². The van der Waals surface area contributed by atoms with Gasteiger partial charge < -0.3 is 38.5 Å². The number of fused-ring (bicyclic) bond motifs is 1. The molecule has 1 aromatic carbocycles. The largest absolute Gasteiger partial charge is 0.490 e. The normalized spacial score (nSPS) is 35.2. The maximum Gasteiger partial charge on any atom is 0.410 e. The number of hydrogen-bond donors (Lipinski definition) is 1. The third-order valence-corrected chi connectivity index (χ3v) is 14.2. The van der Waals surface area contributed by atoms with E-state index >= 15 is 0 Å². The molecule has 0 radical (unpaired) electrons. The van der Waals surface area contributed by atoms with Gasteiger partial charge in [0, 0.05) is 46.8 Å². The Morgan fingerprint density at radius 2 is 1.79 bits per heavy atom. The van der Waals surface area contributed by atoms with Gasteiger partial charge in [-0.3, -0.25) is 19.5 Å². The number of aliphatic hydroxyl groups excluding tert-OH is 1. The highest BCUT2D eigenvalue weighted by Crippen LogP contribution is 2.46. The molecule has 1 aromatic heterocycles. The number of aliphatic hydroxyl groups is 1. The van der Waals surface area contributed by atoms with Crippen LogP contribution in [0.1, 0.15) is 90.8 Å². The molecule has 3 fully saturated rings. The minimum atomic E-state index is -1.19. The first-order chi connectivity index (χ1) is 30.0. The average molecular weight is 891 g/mol.